The molecule has 1 heterocycles. The van der Waals surface area contributed by atoms with Crippen molar-refractivity contribution in [1.29, 1.82) is 0 Å². The lowest BCUT2D eigenvalue weighted by Crippen LogP contribution is -2.03. The van der Waals surface area contributed by atoms with E-state index in [9.17, 15) is 14.7 Å². The van der Waals surface area contributed by atoms with Crippen LogP contribution in [0.5, 0.6) is 5.75 Å². The lowest BCUT2D eigenvalue weighted by atomic mass is 10.0. The number of hydrogen-bond donors (Lipinski definition) is 2. The highest BCUT2D eigenvalue weighted by Gasteiger charge is 2.25. The summed E-state index contributed by atoms with van der Waals surface area (Å²) in [5.74, 6) is -1.02. The van der Waals surface area contributed by atoms with E-state index in [-0.39, 0.29) is 21.7 Å². The summed E-state index contributed by atoms with van der Waals surface area (Å²) in [6.07, 6.45) is 1.58. The standard InChI is InChI=1S/C17H11Cl2NO4/c1-24-17(23)9-2-3-14-10(7-9)11(16(22)20-14)4-8-5-12(18)15(21)13(19)6-8/h2-7,21H,1H3,(H,20,22). The molecule has 0 aliphatic carbocycles. The largest absolute Gasteiger partial charge is 0.505 e. The number of halogens is 2. The number of aromatic hydroxyl groups is 1. The first-order valence-corrected chi connectivity index (χ1v) is 7.60. The van der Waals surface area contributed by atoms with Crippen molar-refractivity contribution in [3.63, 3.8) is 0 Å². The van der Waals surface area contributed by atoms with E-state index in [0.29, 0.717) is 28.0 Å². The molecule has 5 nitrogen and oxygen atoms in total. The predicted octanol–water partition coefficient (Wildman–Crippen LogP) is 3.98. The Kier molecular flexibility index (Phi) is 4.22. The Balaban J connectivity index is 2.10. The molecule has 0 fully saturated rings. The molecule has 3 rings (SSSR count). The van der Waals surface area contributed by atoms with Crippen molar-refractivity contribution in [2.24, 2.45) is 0 Å². The van der Waals surface area contributed by atoms with E-state index in [0.717, 1.165) is 0 Å². The molecule has 1 aliphatic heterocycles. The second kappa shape index (κ2) is 6.19. The van der Waals surface area contributed by atoms with E-state index in [2.05, 4.69) is 5.32 Å². The van der Waals surface area contributed by atoms with Gasteiger partial charge in [0.1, 0.15) is 0 Å². The number of benzene rings is 2. The number of carbonyl (C=O) groups excluding carboxylic acids is 2. The van der Waals surface area contributed by atoms with Crippen LogP contribution in [0, 0.1) is 0 Å². The van der Waals surface area contributed by atoms with Gasteiger partial charge in [0.2, 0.25) is 0 Å². The molecule has 0 aromatic heterocycles. The Morgan fingerprint density at radius 1 is 1.21 bits per heavy atom. The number of anilines is 1. The van der Waals surface area contributed by atoms with Crippen LogP contribution in [0.25, 0.3) is 11.6 Å². The number of rotatable bonds is 2. The molecule has 0 bridgehead atoms. The molecule has 122 valence electrons. The molecule has 2 aromatic rings. The third-order valence-electron chi connectivity index (χ3n) is 3.57. The Hall–Kier alpha value is -2.50. The summed E-state index contributed by atoms with van der Waals surface area (Å²) in [5, 5.41) is 12.5. The number of amides is 1. The number of hydrogen-bond acceptors (Lipinski definition) is 4. The number of carbonyl (C=O) groups is 2. The smallest absolute Gasteiger partial charge is 0.337 e. The van der Waals surface area contributed by atoms with E-state index in [1.807, 2.05) is 0 Å². The maximum Gasteiger partial charge on any atom is 0.337 e. The average molecular weight is 364 g/mol. The van der Waals surface area contributed by atoms with Crippen LogP contribution in [0.2, 0.25) is 10.0 Å². The van der Waals surface area contributed by atoms with Crippen molar-refractivity contribution < 1.29 is 19.4 Å². The van der Waals surface area contributed by atoms with Crippen molar-refractivity contribution in [2.75, 3.05) is 12.4 Å². The van der Waals surface area contributed by atoms with Crippen LogP contribution >= 0.6 is 23.2 Å². The fourth-order valence-corrected chi connectivity index (χ4v) is 2.92. The number of esters is 1. The van der Waals surface area contributed by atoms with Gasteiger partial charge in [-0.05, 0) is 42.0 Å². The molecule has 0 radical (unpaired) electrons. The molecule has 0 saturated carbocycles. The van der Waals surface area contributed by atoms with Gasteiger partial charge in [0, 0.05) is 16.8 Å². The summed E-state index contributed by atoms with van der Waals surface area (Å²) in [6.45, 7) is 0. The molecule has 2 aromatic carbocycles. The topological polar surface area (TPSA) is 75.6 Å². The molecule has 0 atom stereocenters. The van der Waals surface area contributed by atoms with Crippen molar-refractivity contribution in [2.45, 2.75) is 0 Å². The number of fused-ring (bicyclic) bond motifs is 1. The van der Waals surface area contributed by atoms with Crippen molar-refractivity contribution in [3.8, 4) is 5.75 Å². The zero-order chi connectivity index (χ0) is 17.4. The average Bonchev–Trinajstić information content (AvgIpc) is 2.87. The Labute approximate surface area is 147 Å². The highest BCUT2D eigenvalue weighted by atomic mass is 35.5. The maximum atomic E-state index is 12.2. The number of phenolic OH excluding ortho intramolecular Hbond substituents is 1. The molecule has 0 unspecified atom stereocenters. The SMILES string of the molecule is COC(=O)c1ccc2c(c1)C(=Cc1cc(Cl)c(O)c(Cl)c1)C(=O)N2. The lowest BCUT2D eigenvalue weighted by molar-refractivity contribution is -0.110. The van der Waals surface area contributed by atoms with E-state index in [1.165, 1.54) is 19.2 Å². The van der Waals surface area contributed by atoms with E-state index < -0.39 is 5.97 Å². The number of ether oxygens (including phenoxy) is 1. The van der Waals surface area contributed by atoms with Crippen LogP contribution in [-0.2, 0) is 9.53 Å². The van der Waals surface area contributed by atoms with Gasteiger partial charge >= 0.3 is 5.97 Å². The van der Waals surface area contributed by atoms with Gasteiger partial charge in [-0.2, -0.15) is 0 Å². The Bertz CT molecular complexity index is 882. The molecular weight excluding hydrogens is 353 g/mol. The normalized spacial score (nSPS) is 14.5. The van der Waals surface area contributed by atoms with Crippen LogP contribution in [0.15, 0.2) is 30.3 Å². The maximum absolute atomic E-state index is 12.2. The van der Waals surface area contributed by atoms with Crippen molar-refractivity contribution in [1.82, 2.24) is 0 Å². The molecule has 0 spiro atoms. The summed E-state index contributed by atoms with van der Waals surface area (Å²) in [7, 11) is 1.29. The Morgan fingerprint density at radius 3 is 2.50 bits per heavy atom. The molecule has 2 N–H and O–H groups in total. The van der Waals surface area contributed by atoms with Crippen LogP contribution in [0.4, 0.5) is 5.69 Å². The summed E-state index contributed by atoms with van der Waals surface area (Å²) >= 11 is 11.8. The molecule has 0 saturated heterocycles. The molecule has 1 aliphatic rings. The van der Waals surface area contributed by atoms with Crippen LogP contribution in [0.1, 0.15) is 21.5 Å². The zero-order valence-corrected chi connectivity index (χ0v) is 13.9. The van der Waals surface area contributed by atoms with Gasteiger partial charge in [-0.1, -0.05) is 23.2 Å². The van der Waals surface area contributed by atoms with Gasteiger partial charge in [-0.3, -0.25) is 4.79 Å². The van der Waals surface area contributed by atoms with Crippen molar-refractivity contribution >= 4 is 52.4 Å². The van der Waals surface area contributed by atoms with Crippen LogP contribution < -0.4 is 5.32 Å². The second-order valence-corrected chi connectivity index (χ2v) is 5.91. The second-order valence-electron chi connectivity index (χ2n) is 5.10. The minimum atomic E-state index is -0.493. The highest BCUT2D eigenvalue weighted by Crippen LogP contribution is 2.37. The minimum Gasteiger partial charge on any atom is -0.505 e. The predicted molar refractivity (Wildman–Crippen MR) is 92.4 cm³/mol. The zero-order valence-electron chi connectivity index (χ0n) is 12.4. The van der Waals surface area contributed by atoms with E-state index in [4.69, 9.17) is 27.9 Å². The van der Waals surface area contributed by atoms with E-state index >= 15 is 0 Å². The fourth-order valence-electron chi connectivity index (χ4n) is 2.41. The van der Waals surface area contributed by atoms with Crippen molar-refractivity contribution in [3.05, 3.63) is 57.1 Å². The third kappa shape index (κ3) is 2.84. The first-order chi connectivity index (χ1) is 11.4. The minimum absolute atomic E-state index is 0.0799. The summed E-state index contributed by atoms with van der Waals surface area (Å²) in [6, 6.07) is 7.77. The lowest BCUT2D eigenvalue weighted by Gasteiger charge is -2.04. The van der Waals surface area contributed by atoms with Crippen LogP contribution in [0.3, 0.4) is 0 Å². The Morgan fingerprint density at radius 2 is 1.88 bits per heavy atom. The number of methoxy groups -OCH3 is 1. The molecular formula is C17H11Cl2NO4. The highest BCUT2D eigenvalue weighted by molar-refractivity contribution is 6.38. The fraction of sp³-hybridized carbons (Fsp3) is 0.0588. The van der Waals surface area contributed by atoms with Gasteiger partial charge in [0.15, 0.2) is 5.75 Å². The first kappa shape index (κ1) is 16.4. The summed E-state index contributed by atoms with van der Waals surface area (Å²) in [5.41, 5.74) is 2.40. The van der Waals surface area contributed by atoms with Gasteiger partial charge < -0.3 is 15.2 Å². The molecule has 7 heteroatoms. The van der Waals surface area contributed by atoms with E-state index in [1.54, 1.807) is 24.3 Å². The van der Waals surface area contributed by atoms with Gasteiger partial charge in [-0.25, -0.2) is 4.79 Å². The first-order valence-electron chi connectivity index (χ1n) is 6.84. The number of nitrogens with one attached hydrogen (secondary N) is 1. The third-order valence-corrected chi connectivity index (χ3v) is 4.15. The van der Waals surface area contributed by atoms with Gasteiger partial charge in [-0.15, -0.1) is 0 Å². The molecule has 24 heavy (non-hydrogen) atoms. The van der Waals surface area contributed by atoms with Gasteiger partial charge in [0.05, 0.1) is 22.7 Å². The summed E-state index contributed by atoms with van der Waals surface area (Å²) < 4.78 is 4.69. The summed E-state index contributed by atoms with van der Waals surface area (Å²) in [4.78, 5) is 23.9. The number of phenols is 1. The molecule has 1 amide bonds. The quantitative estimate of drug-likeness (QED) is 0.624. The van der Waals surface area contributed by atoms with Crippen LogP contribution in [-0.4, -0.2) is 24.1 Å². The van der Waals surface area contributed by atoms with Gasteiger partial charge in [0.25, 0.3) is 5.91 Å². The monoisotopic (exact) mass is 363 g/mol.